The van der Waals surface area contributed by atoms with Crippen molar-refractivity contribution in [1.29, 1.82) is 0 Å². The molecule has 3 amide bonds. The third kappa shape index (κ3) is 5.52. The lowest BCUT2D eigenvalue weighted by Gasteiger charge is -2.42. The summed E-state index contributed by atoms with van der Waals surface area (Å²) in [6.07, 6.45) is 0. The van der Waals surface area contributed by atoms with Crippen molar-refractivity contribution in [3.05, 3.63) is 76.5 Å². The Morgan fingerprint density at radius 1 is 1.08 bits per heavy atom. The third-order valence-corrected chi connectivity index (χ3v) is 7.17. The molecule has 9 heteroatoms. The smallest absolute Gasteiger partial charge is 0.338 e. The van der Waals surface area contributed by atoms with E-state index in [0.29, 0.717) is 54.3 Å². The molecule has 2 atom stereocenters. The average molecular weight is 521 g/mol. The second-order valence-electron chi connectivity index (χ2n) is 9.71. The van der Waals surface area contributed by atoms with Crippen molar-refractivity contribution in [2.45, 2.75) is 32.9 Å². The molecule has 2 aromatic rings. The summed E-state index contributed by atoms with van der Waals surface area (Å²) in [4.78, 5) is 45.0. The highest BCUT2D eigenvalue weighted by molar-refractivity contribution is 5.96. The standard InChI is InChI=1S/C29H36N4O5/c1-6-38-28(35)25-23(31(4)29(36)30-26(25)22-9-7-8-10-24(22)37-5)18-32-15-16-33(20(3)17-32)27(34)21-13-11-19(2)12-14-21/h7-14,20,26H,6,15-18H2,1-5H3,(H,30,36)/t20-,26+/m0/s1. The van der Waals surface area contributed by atoms with Crippen LogP contribution < -0.4 is 10.1 Å². The molecule has 1 saturated heterocycles. The Morgan fingerprint density at radius 2 is 1.79 bits per heavy atom. The molecule has 0 radical (unpaired) electrons. The van der Waals surface area contributed by atoms with Gasteiger partial charge in [0, 0.05) is 56.1 Å². The van der Waals surface area contributed by atoms with Gasteiger partial charge in [0.2, 0.25) is 0 Å². The van der Waals surface area contributed by atoms with Crippen LogP contribution in [-0.2, 0) is 9.53 Å². The van der Waals surface area contributed by atoms with Crippen LogP contribution in [0.2, 0.25) is 0 Å². The number of piperazine rings is 1. The highest BCUT2D eigenvalue weighted by Gasteiger charge is 2.39. The number of esters is 1. The molecule has 0 unspecified atom stereocenters. The van der Waals surface area contributed by atoms with Crippen molar-refractivity contribution < 1.29 is 23.9 Å². The Hall–Kier alpha value is -3.85. The molecular weight excluding hydrogens is 484 g/mol. The summed E-state index contributed by atoms with van der Waals surface area (Å²) < 4.78 is 11.0. The molecule has 4 rings (SSSR count). The fourth-order valence-corrected chi connectivity index (χ4v) is 5.09. The van der Waals surface area contributed by atoms with Gasteiger partial charge in [0.25, 0.3) is 5.91 Å². The Kier molecular flexibility index (Phi) is 8.36. The van der Waals surface area contributed by atoms with Crippen LogP contribution in [-0.4, -0.2) is 85.6 Å². The van der Waals surface area contributed by atoms with E-state index in [9.17, 15) is 14.4 Å². The second-order valence-corrected chi connectivity index (χ2v) is 9.71. The molecule has 0 aromatic heterocycles. The molecule has 2 aliphatic rings. The van der Waals surface area contributed by atoms with E-state index >= 15 is 0 Å². The van der Waals surface area contributed by atoms with Gasteiger partial charge in [0.1, 0.15) is 5.75 Å². The van der Waals surface area contributed by atoms with Crippen molar-refractivity contribution in [2.24, 2.45) is 0 Å². The van der Waals surface area contributed by atoms with Crippen LogP contribution in [0.4, 0.5) is 4.79 Å². The Bertz CT molecular complexity index is 1230. The van der Waals surface area contributed by atoms with Gasteiger partial charge in [-0.1, -0.05) is 35.9 Å². The van der Waals surface area contributed by atoms with Crippen LogP contribution in [0.3, 0.4) is 0 Å². The number of hydrogen-bond acceptors (Lipinski definition) is 6. The van der Waals surface area contributed by atoms with E-state index in [0.717, 1.165) is 5.56 Å². The molecule has 1 fully saturated rings. The fourth-order valence-electron chi connectivity index (χ4n) is 5.09. The molecule has 0 bridgehead atoms. The number of ether oxygens (including phenoxy) is 2. The minimum Gasteiger partial charge on any atom is -0.496 e. The molecule has 9 nitrogen and oxygen atoms in total. The van der Waals surface area contributed by atoms with E-state index in [-0.39, 0.29) is 24.6 Å². The Balaban J connectivity index is 1.62. The largest absolute Gasteiger partial charge is 0.496 e. The van der Waals surface area contributed by atoms with Gasteiger partial charge < -0.3 is 19.7 Å². The molecule has 2 aliphatic heterocycles. The average Bonchev–Trinajstić information content (AvgIpc) is 2.91. The van der Waals surface area contributed by atoms with Crippen LogP contribution in [0.5, 0.6) is 5.75 Å². The summed E-state index contributed by atoms with van der Waals surface area (Å²) in [7, 11) is 3.21. The number of urea groups is 1. The van der Waals surface area contributed by atoms with Crippen LogP contribution in [0.1, 0.15) is 41.4 Å². The van der Waals surface area contributed by atoms with Crippen LogP contribution >= 0.6 is 0 Å². The number of carbonyl (C=O) groups is 3. The highest BCUT2D eigenvalue weighted by atomic mass is 16.5. The normalized spacial score (nSPS) is 20.3. The van der Waals surface area contributed by atoms with Gasteiger partial charge in [-0.3, -0.25) is 14.6 Å². The zero-order valence-electron chi connectivity index (χ0n) is 22.7. The van der Waals surface area contributed by atoms with E-state index < -0.39 is 12.0 Å². The van der Waals surface area contributed by atoms with Crippen molar-refractivity contribution in [1.82, 2.24) is 20.0 Å². The molecule has 0 spiro atoms. The van der Waals surface area contributed by atoms with Crippen molar-refractivity contribution in [3.63, 3.8) is 0 Å². The number of rotatable bonds is 7. The van der Waals surface area contributed by atoms with E-state index in [4.69, 9.17) is 9.47 Å². The van der Waals surface area contributed by atoms with Gasteiger partial charge in [-0.15, -0.1) is 0 Å². The number of nitrogens with zero attached hydrogens (tertiary/aromatic N) is 3. The second kappa shape index (κ2) is 11.7. The first-order valence-electron chi connectivity index (χ1n) is 12.9. The first-order chi connectivity index (χ1) is 18.2. The van der Waals surface area contributed by atoms with Gasteiger partial charge in [-0.05, 0) is 39.0 Å². The topological polar surface area (TPSA) is 91.4 Å². The van der Waals surface area contributed by atoms with Crippen LogP contribution in [0, 0.1) is 6.92 Å². The van der Waals surface area contributed by atoms with Gasteiger partial charge in [0.05, 0.1) is 25.3 Å². The lowest BCUT2D eigenvalue weighted by molar-refractivity contribution is -0.139. The SMILES string of the molecule is CCOC(=O)C1=C(CN2CCN(C(=O)c3ccc(C)cc3)[C@@H](C)C2)N(C)C(=O)N[C@@H]1c1ccccc1OC. The first kappa shape index (κ1) is 27.2. The summed E-state index contributed by atoms with van der Waals surface area (Å²) in [6.45, 7) is 8.10. The fraction of sp³-hybridized carbons (Fsp3) is 0.414. The first-order valence-corrected chi connectivity index (χ1v) is 12.9. The maximum Gasteiger partial charge on any atom is 0.338 e. The molecule has 2 heterocycles. The third-order valence-electron chi connectivity index (χ3n) is 7.17. The lowest BCUT2D eigenvalue weighted by atomic mass is 9.93. The number of aryl methyl sites for hydroxylation is 1. The highest BCUT2D eigenvalue weighted by Crippen LogP contribution is 2.36. The quantitative estimate of drug-likeness (QED) is 0.563. The van der Waals surface area contributed by atoms with Gasteiger partial charge in [0.15, 0.2) is 0 Å². The molecule has 1 N–H and O–H groups in total. The summed E-state index contributed by atoms with van der Waals surface area (Å²) >= 11 is 0. The monoisotopic (exact) mass is 520 g/mol. The molecule has 202 valence electrons. The summed E-state index contributed by atoms with van der Waals surface area (Å²) in [5.41, 5.74) is 3.42. The zero-order chi connectivity index (χ0) is 27.4. The number of nitrogens with one attached hydrogen (secondary N) is 1. The Labute approximate surface area is 224 Å². The maximum absolute atomic E-state index is 13.3. The number of likely N-dealkylation sites (N-methyl/N-ethyl adjacent to an activating group) is 1. The number of hydrogen-bond donors (Lipinski definition) is 1. The molecule has 38 heavy (non-hydrogen) atoms. The molecule has 0 saturated carbocycles. The number of para-hydroxylation sites is 1. The van der Waals surface area contributed by atoms with Crippen LogP contribution in [0.15, 0.2) is 59.8 Å². The summed E-state index contributed by atoms with van der Waals surface area (Å²) in [5.74, 6) is 0.0980. The maximum atomic E-state index is 13.3. The number of amides is 3. The summed E-state index contributed by atoms with van der Waals surface area (Å²) in [6, 6.07) is 13.9. The van der Waals surface area contributed by atoms with Crippen molar-refractivity contribution >= 4 is 17.9 Å². The lowest BCUT2D eigenvalue weighted by Crippen LogP contribution is -2.56. The molecular formula is C29H36N4O5. The zero-order valence-corrected chi connectivity index (χ0v) is 22.7. The minimum absolute atomic E-state index is 0.00831. The minimum atomic E-state index is -0.717. The van der Waals surface area contributed by atoms with E-state index in [1.54, 1.807) is 27.1 Å². The molecule has 2 aromatic carbocycles. The van der Waals surface area contributed by atoms with Crippen molar-refractivity contribution in [2.75, 3.05) is 46.9 Å². The van der Waals surface area contributed by atoms with Crippen LogP contribution in [0.25, 0.3) is 0 Å². The van der Waals surface area contributed by atoms with E-state index in [1.807, 2.05) is 61.2 Å². The molecule has 0 aliphatic carbocycles. The number of carbonyl (C=O) groups excluding carboxylic acids is 3. The van der Waals surface area contributed by atoms with Crippen molar-refractivity contribution in [3.8, 4) is 5.75 Å². The number of methoxy groups -OCH3 is 1. The van der Waals surface area contributed by atoms with E-state index in [1.165, 1.54) is 4.90 Å². The summed E-state index contributed by atoms with van der Waals surface area (Å²) in [5, 5.41) is 2.94. The van der Waals surface area contributed by atoms with Gasteiger partial charge >= 0.3 is 12.0 Å². The van der Waals surface area contributed by atoms with Gasteiger partial charge in [-0.2, -0.15) is 0 Å². The Morgan fingerprint density at radius 3 is 2.45 bits per heavy atom. The van der Waals surface area contributed by atoms with E-state index in [2.05, 4.69) is 10.2 Å². The predicted molar refractivity (Wildman–Crippen MR) is 144 cm³/mol. The predicted octanol–water partition coefficient (Wildman–Crippen LogP) is 3.36. The van der Waals surface area contributed by atoms with Gasteiger partial charge in [-0.25, -0.2) is 9.59 Å². The number of benzene rings is 2.